The Kier molecular flexibility index (Phi) is 8.77. The predicted octanol–water partition coefficient (Wildman–Crippen LogP) is 16.5. The van der Waals surface area contributed by atoms with E-state index in [0.717, 1.165) is 76.5 Å². The Hall–Kier alpha value is -9.83. The molecule has 0 N–H and O–H groups in total. The van der Waals surface area contributed by atoms with Crippen LogP contribution in [0.4, 0.5) is 13.2 Å². The highest BCUT2D eigenvalue weighted by Crippen LogP contribution is 2.50. The number of alkyl halides is 3. The Balaban J connectivity index is 1.22. The first-order chi connectivity index (χ1) is 35.3. The van der Waals surface area contributed by atoms with Gasteiger partial charge in [0.1, 0.15) is 5.56 Å². The molecule has 0 fully saturated rings. The zero-order chi connectivity index (χ0) is 48.4. The minimum Gasteiger partial charge on any atom is -0.309 e. The molecule has 10 aromatic carbocycles. The van der Waals surface area contributed by atoms with Gasteiger partial charge < -0.3 is 18.3 Å². The number of benzene rings is 10. The molecule has 0 spiro atoms. The Morgan fingerprint density at radius 3 is 1.10 bits per heavy atom. The molecule has 0 bridgehead atoms. The van der Waals surface area contributed by atoms with Crippen LogP contribution in [0.15, 0.2) is 212 Å². The van der Waals surface area contributed by atoms with Crippen molar-refractivity contribution in [2.45, 2.75) is 6.18 Å². The van der Waals surface area contributed by atoms with Crippen molar-refractivity contribution < 1.29 is 13.2 Å². The van der Waals surface area contributed by atoms with Gasteiger partial charge in [-0.2, -0.15) is 23.7 Å². The molecule has 0 amide bonds. The maximum absolute atomic E-state index is 17.3. The van der Waals surface area contributed by atoms with Crippen LogP contribution in [0, 0.1) is 22.7 Å². The summed E-state index contributed by atoms with van der Waals surface area (Å²) in [6.07, 6.45) is -4.94. The van der Waals surface area contributed by atoms with Crippen LogP contribution in [-0.2, 0) is 6.18 Å². The van der Waals surface area contributed by atoms with Gasteiger partial charge in [-0.05, 0) is 102 Å². The highest BCUT2D eigenvalue weighted by atomic mass is 19.4. The van der Waals surface area contributed by atoms with Crippen LogP contribution in [0.3, 0.4) is 0 Å². The van der Waals surface area contributed by atoms with Crippen molar-refractivity contribution >= 4 is 87.2 Å². The fourth-order valence-corrected chi connectivity index (χ4v) is 11.6. The Labute approximate surface area is 408 Å². The standard InChI is InChI=1S/C63H35F3N6/c64-63(65,66)60-56(71-50-23-11-7-19-44(50)46-27-29-54-58(61(46)71)48-21-9-13-25-52(48)69(54)42-15-3-1-4-16-42)34-41(40-32-38(36-67)31-39(33-40)37-68)35-57(60)72-51-24-12-8-20-45(51)47-28-30-55-59(62(47)72)49-22-10-14-26-53(49)70(55)43-17-5-2-6-18-43/h1-35H. The number of halogens is 3. The fraction of sp³-hybridized carbons (Fsp3) is 0.0159. The van der Waals surface area contributed by atoms with Crippen molar-refractivity contribution in [1.29, 1.82) is 10.5 Å². The summed E-state index contributed by atoms with van der Waals surface area (Å²) in [6, 6.07) is 71.9. The van der Waals surface area contributed by atoms with E-state index in [-0.39, 0.29) is 22.5 Å². The zero-order valence-corrected chi connectivity index (χ0v) is 38.0. The predicted molar refractivity (Wildman–Crippen MR) is 284 cm³/mol. The normalized spacial score (nSPS) is 12.1. The molecular formula is C63H35F3N6. The average molecular weight is 933 g/mol. The monoisotopic (exact) mass is 932 g/mol. The second-order valence-corrected chi connectivity index (χ2v) is 18.2. The Bertz CT molecular complexity index is 4410. The maximum Gasteiger partial charge on any atom is 0.420 e. The van der Waals surface area contributed by atoms with Gasteiger partial charge in [-0.15, -0.1) is 0 Å². The van der Waals surface area contributed by atoms with E-state index in [9.17, 15) is 10.5 Å². The van der Waals surface area contributed by atoms with Crippen LogP contribution in [0.2, 0.25) is 0 Å². The summed E-state index contributed by atoms with van der Waals surface area (Å²) >= 11 is 0. The summed E-state index contributed by atoms with van der Waals surface area (Å²) in [5.41, 5.74) is 7.96. The summed E-state index contributed by atoms with van der Waals surface area (Å²) in [5.74, 6) is 0. The number of para-hydroxylation sites is 6. The first kappa shape index (κ1) is 41.2. The number of fused-ring (bicyclic) bond motifs is 14. The molecule has 72 heavy (non-hydrogen) atoms. The second kappa shape index (κ2) is 15.3. The lowest BCUT2D eigenvalue weighted by Crippen LogP contribution is -2.16. The molecule has 0 unspecified atom stereocenters. The van der Waals surface area contributed by atoms with Crippen molar-refractivity contribution in [3.05, 3.63) is 229 Å². The van der Waals surface area contributed by atoms with Crippen LogP contribution in [0.1, 0.15) is 16.7 Å². The highest BCUT2D eigenvalue weighted by Gasteiger charge is 2.40. The Morgan fingerprint density at radius 2 is 0.694 bits per heavy atom. The second-order valence-electron chi connectivity index (χ2n) is 18.2. The van der Waals surface area contributed by atoms with Crippen molar-refractivity contribution in [2.24, 2.45) is 0 Å². The van der Waals surface area contributed by atoms with E-state index < -0.39 is 11.7 Å². The lowest BCUT2D eigenvalue weighted by Gasteiger charge is -2.23. The molecule has 0 aliphatic carbocycles. The summed E-state index contributed by atoms with van der Waals surface area (Å²) in [7, 11) is 0. The SMILES string of the molecule is N#Cc1cc(C#N)cc(-c2cc(-n3c4ccccc4c4ccc5c(c6ccccc6n5-c5ccccc5)c43)c(C(F)(F)F)c(-n3c4ccccc4c4ccc5c(c6ccccc6n5-c5ccccc5)c43)c2)c1. The quantitative estimate of drug-likeness (QED) is 0.173. The molecule has 14 aromatic rings. The van der Waals surface area contributed by atoms with E-state index in [2.05, 4.69) is 33.4 Å². The van der Waals surface area contributed by atoms with Crippen molar-refractivity contribution in [1.82, 2.24) is 18.3 Å². The fourth-order valence-electron chi connectivity index (χ4n) is 11.6. The number of nitriles is 2. The highest BCUT2D eigenvalue weighted by molar-refractivity contribution is 6.28. The molecule has 9 heteroatoms. The summed E-state index contributed by atoms with van der Waals surface area (Å²) in [4.78, 5) is 0. The van der Waals surface area contributed by atoms with Crippen LogP contribution in [0.25, 0.3) is 121 Å². The van der Waals surface area contributed by atoms with Crippen LogP contribution in [0.5, 0.6) is 0 Å². The largest absolute Gasteiger partial charge is 0.420 e. The minimum atomic E-state index is -4.94. The number of hydrogen-bond acceptors (Lipinski definition) is 2. The van der Waals surface area contributed by atoms with Gasteiger partial charge in [-0.25, -0.2) is 0 Å². The summed E-state index contributed by atoms with van der Waals surface area (Å²) in [6.45, 7) is 0. The van der Waals surface area contributed by atoms with E-state index in [1.54, 1.807) is 33.4 Å². The molecule has 14 rings (SSSR count). The van der Waals surface area contributed by atoms with Crippen LogP contribution < -0.4 is 0 Å². The number of rotatable bonds is 5. The number of hydrogen-bond donors (Lipinski definition) is 0. The van der Waals surface area contributed by atoms with Gasteiger partial charge in [0.15, 0.2) is 0 Å². The number of nitrogens with zero attached hydrogens (tertiary/aromatic N) is 6. The van der Waals surface area contributed by atoms with Crippen LogP contribution >= 0.6 is 0 Å². The van der Waals surface area contributed by atoms with Crippen molar-refractivity contribution in [3.63, 3.8) is 0 Å². The molecule has 0 saturated carbocycles. The van der Waals surface area contributed by atoms with Gasteiger partial charge in [0, 0.05) is 54.5 Å². The lowest BCUT2D eigenvalue weighted by molar-refractivity contribution is -0.137. The lowest BCUT2D eigenvalue weighted by atomic mass is 9.96. The van der Waals surface area contributed by atoms with E-state index in [0.29, 0.717) is 33.2 Å². The van der Waals surface area contributed by atoms with E-state index >= 15 is 13.2 Å². The van der Waals surface area contributed by atoms with Gasteiger partial charge in [-0.1, -0.05) is 121 Å². The topological polar surface area (TPSA) is 67.3 Å². The molecule has 0 atom stereocenters. The third-order valence-corrected chi connectivity index (χ3v) is 14.4. The average Bonchev–Trinajstić information content (AvgIpc) is 4.15. The maximum atomic E-state index is 17.3. The van der Waals surface area contributed by atoms with Crippen molar-refractivity contribution in [3.8, 4) is 46.0 Å². The molecule has 4 heterocycles. The molecule has 338 valence electrons. The molecule has 6 nitrogen and oxygen atoms in total. The molecular weight excluding hydrogens is 898 g/mol. The molecule has 0 aliphatic rings. The third-order valence-electron chi connectivity index (χ3n) is 14.4. The summed E-state index contributed by atoms with van der Waals surface area (Å²) in [5, 5.41) is 27.1. The molecule has 0 radical (unpaired) electrons. The van der Waals surface area contributed by atoms with Crippen LogP contribution in [-0.4, -0.2) is 18.3 Å². The summed E-state index contributed by atoms with van der Waals surface area (Å²) < 4.78 is 59.9. The number of aromatic nitrogens is 4. The molecule has 0 aliphatic heterocycles. The smallest absolute Gasteiger partial charge is 0.309 e. The van der Waals surface area contributed by atoms with Gasteiger partial charge in [0.05, 0.1) is 78.8 Å². The first-order valence-electron chi connectivity index (χ1n) is 23.5. The third kappa shape index (κ3) is 5.83. The molecule has 4 aromatic heterocycles. The van der Waals surface area contributed by atoms with Gasteiger partial charge >= 0.3 is 6.18 Å². The zero-order valence-electron chi connectivity index (χ0n) is 38.0. The first-order valence-corrected chi connectivity index (χ1v) is 23.5. The minimum absolute atomic E-state index is 0.101. The molecule has 0 saturated heterocycles. The van der Waals surface area contributed by atoms with E-state index in [1.165, 1.54) is 6.07 Å². The van der Waals surface area contributed by atoms with E-state index in [4.69, 9.17) is 0 Å². The van der Waals surface area contributed by atoms with Gasteiger partial charge in [0.25, 0.3) is 0 Å². The Morgan fingerprint density at radius 1 is 0.333 bits per heavy atom. The van der Waals surface area contributed by atoms with Gasteiger partial charge in [0.2, 0.25) is 0 Å². The van der Waals surface area contributed by atoms with Gasteiger partial charge in [-0.3, -0.25) is 0 Å². The van der Waals surface area contributed by atoms with Crippen molar-refractivity contribution in [2.75, 3.05) is 0 Å². The van der Waals surface area contributed by atoms with E-state index in [1.807, 2.05) is 170 Å².